The van der Waals surface area contributed by atoms with Crippen molar-refractivity contribution in [3.05, 3.63) is 63.7 Å². The number of hydrogen-bond donors (Lipinski definition) is 1. The van der Waals surface area contributed by atoms with Crippen LogP contribution in [-0.2, 0) is 5.75 Å². The molecule has 0 fully saturated rings. The fourth-order valence-corrected chi connectivity index (χ4v) is 3.08. The molecule has 0 unspecified atom stereocenters. The quantitative estimate of drug-likeness (QED) is 0.843. The number of carboxylic acid groups (broad SMARTS) is 1. The van der Waals surface area contributed by atoms with Crippen molar-refractivity contribution in [3.8, 4) is 6.07 Å². The normalized spacial score (nSPS) is 10.1. The molecule has 2 aromatic carbocycles. The molecule has 2 rings (SSSR count). The maximum Gasteiger partial charge on any atom is 0.335 e. The monoisotopic (exact) mass is 317 g/mol. The molecule has 0 atom stereocenters. The Balaban J connectivity index is 2.15. The van der Waals surface area contributed by atoms with E-state index in [1.54, 1.807) is 31.2 Å². The molecule has 0 saturated heterocycles. The first-order chi connectivity index (χ1) is 10.0. The molecule has 0 bridgehead atoms. The van der Waals surface area contributed by atoms with Gasteiger partial charge in [-0.25, -0.2) is 4.79 Å². The predicted octanol–water partition coefficient (Wildman–Crippen LogP) is 4.51. The van der Waals surface area contributed by atoms with Crippen molar-refractivity contribution in [1.29, 1.82) is 5.26 Å². The molecule has 0 radical (unpaired) electrons. The van der Waals surface area contributed by atoms with Gasteiger partial charge in [0.2, 0.25) is 0 Å². The summed E-state index contributed by atoms with van der Waals surface area (Å²) in [7, 11) is 0. The minimum absolute atomic E-state index is 0.311. The van der Waals surface area contributed by atoms with Gasteiger partial charge in [0.25, 0.3) is 0 Å². The number of benzene rings is 2. The lowest BCUT2D eigenvalue weighted by molar-refractivity contribution is 0.0696. The van der Waals surface area contributed by atoms with Crippen LogP contribution < -0.4 is 0 Å². The van der Waals surface area contributed by atoms with Crippen LogP contribution in [-0.4, -0.2) is 11.1 Å². The third-order valence-corrected chi connectivity index (χ3v) is 4.41. The molecule has 0 saturated carbocycles. The van der Waals surface area contributed by atoms with Gasteiger partial charge in [-0.05, 0) is 42.3 Å². The smallest absolute Gasteiger partial charge is 0.335 e. The number of carboxylic acids is 1. The molecule has 5 heteroatoms. The predicted molar refractivity (Wildman–Crippen MR) is 83.9 cm³/mol. The zero-order valence-electron chi connectivity index (χ0n) is 11.3. The highest BCUT2D eigenvalue weighted by Crippen LogP contribution is 2.28. The molecule has 0 heterocycles. The second-order valence-electron chi connectivity index (χ2n) is 4.49. The number of halogens is 1. The highest BCUT2D eigenvalue weighted by molar-refractivity contribution is 7.98. The van der Waals surface area contributed by atoms with Gasteiger partial charge in [-0.15, -0.1) is 11.8 Å². The SMILES string of the molecule is Cc1ccc(SCc2ccc(C#N)cc2Cl)cc1C(=O)O. The van der Waals surface area contributed by atoms with Crippen molar-refractivity contribution in [2.75, 3.05) is 0 Å². The maximum atomic E-state index is 11.1. The number of rotatable bonds is 4. The Labute approximate surface area is 132 Å². The van der Waals surface area contributed by atoms with Crippen molar-refractivity contribution < 1.29 is 9.90 Å². The van der Waals surface area contributed by atoms with Gasteiger partial charge in [0.15, 0.2) is 0 Å². The summed E-state index contributed by atoms with van der Waals surface area (Å²) >= 11 is 7.63. The van der Waals surface area contributed by atoms with E-state index in [9.17, 15) is 4.79 Å². The molecule has 0 amide bonds. The van der Waals surface area contributed by atoms with Crippen LogP contribution in [0.3, 0.4) is 0 Å². The summed E-state index contributed by atoms with van der Waals surface area (Å²) in [5, 5.41) is 18.5. The standard InChI is InChI=1S/C16H12ClNO2S/c1-10-2-5-13(7-14(10)16(19)20)21-9-12-4-3-11(8-18)6-15(12)17/h2-7H,9H2,1H3,(H,19,20). The second-order valence-corrected chi connectivity index (χ2v) is 5.94. The van der Waals surface area contributed by atoms with E-state index in [1.165, 1.54) is 11.8 Å². The number of carbonyl (C=O) groups is 1. The van der Waals surface area contributed by atoms with Gasteiger partial charge >= 0.3 is 5.97 Å². The Morgan fingerprint density at radius 2 is 2.10 bits per heavy atom. The molecular formula is C16H12ClNO2S. The molecule has 3 nitrogen and oxygen atoms in total. The first-order valence-corrected chi connectivity index (χ1v) is 7.53. The average Bonchev–Trinajstić information content (AvgIpc) is 2.47. The van der Waals surface area contributed by atoms with Gasteiger partial charge in [0.05, 0.1) is 17.2 Å². The third kappa shape index (κ3) is 3.78. The summed E-state index contributed by atoms with van der Waals surface area (Å²) in [6, 6.07) is 12.6. The van der Waals surface area contributed by atoms with E-state index in [2.05, 4.69) is 0 Å². The van der Waals surface area contributed by atoms with Crippen LogP contribution in [0.25, 0.3) is 0 Å². The van der Waals surface area contributed by atoms with Gasteiger partial charge in [-0.2, -0.15) is 5.26 Å². The molecule has 0 aliphatic rings. The molecule has 0 aliphatic carbocycles. The molecule has 2 aromatic rings. The Hall–Kier alpha value is -1.96. The number of aryl methyl sites for hydroxylation is 1. The molecule has 0 spiro atoms. The summed E-state index contributed by atoms with van der Waals surface area (Å²) in [6.45, 7) is 1.77. The summed E-state index contributed by atoms with van der Waals surface area (Å²) in [5.74, 6) is -0.307. The fourth-order valence-electron chi connectivity index (χ4n) is 1.82. The van der Waals surface area contributed by atoms with E-state index in [-0.39, 0.29) is 0 Å². The van der Waals surface area contributed by atoms with E-state index in [0.717, 1.165) is 16.0 Å². The lowest BCUT2D eigenvalue weighted by atomic mass is 10.1. The van der Waals surface area contributed by atoms with Gasteiger partial charge in [0, 0.05) is 15.7 Å². The van der Waals surface area contributed by atoms with Gasteiger partial charge in [0.1, 0.15) is 0 Å². The minimum atomic E-state index is -0.925. The lowest BCUT2D eigenvalue weighted by Crippen LogP contribution is -1.99. The van der Waals surface area contributed by atoms with Crippen molar-refractivity contribution >= 4 is 29.3 Å². The topological polar surface area (TPSA) is 61.1 Å². The summed E-state index contributed by atoms with van der Waals surface area (Å²) in [4.78, 5) is 12.0. The van der Waals surface area contributed by atoms with Gasteiger partial charge < -0.3 is 5.11 Å². The molecule has 0 aliphatic heterocycles. The van der Waals surface area contributed by atoms with Gasteiger partial charge in [-0.3, -0.25) is 0 Å². The highest BCUT2D eigenvalue weighted by atomic mass is 35.5. The largest absolute Gasteiger partial charge is 0.478 e. The van der Waals surface area contributed by atoms with E-state index < -0.39 is 5.97 Å². The van der Waals surface area contributed by atoms with Crippen molar-refractivity contribution in [2.45, 2.75) is 17.6 Å². The van der Waals surface area contributed by atoms with E-state index >= 15 is 0 Å². The Kier molecular flexibility index (Phi) is 4.89. The van der Waals surface area contributed by atoms with Crippen LogP contribution >= 0.6 is 23.4 Å². The highest BCUT2D eigenvalue weighted by Gasteiger charge is 2.09. The maximum absolute atomic E-state index is 11.1. The molecular weight excluding hydrogens is 306 g/mol. The zero-order chi connectivity index (χ0) is 15.4. The molecule has 1 N–H and O–H groups in total. The minimum Gasteiger partial charge on any atom is -0.478 e. The Morgan fingerprint density at radius 3 is 2.71 bits per heavy atom. The van der Waals surface area contributed by atoms with E-state index in [4.69, 9.17) is 22.0 Å². The first-order valence-electron chi connectivity index (χ1n) is 6.16. The molecule has 106 valence electrons. The third-order valence-electron chi connectivity index (χ3n) is 3.02. The average molecular weight is 318 g/mol. The van der Waals surface area contributed by atoms with E-state index in [0.29, 0.717) is 21.9 Å². The van der Waals surface area contributed by atoms with Crippen molar-refractivity contribution in [1.82, 2.24) is 0 Å². The molecule has 0 aromatic heterocycles. The number of nitrogens with zero attached hydrogens (tertiary/aromatic N) is 1. The van der Waals surface area contributed by atoms with Crippen LogP contribution in [0.1, 0.15) is 27.0 Å². The summed E-state index contributed by atoms with van der Waals surface area (Å²) in [5.41, 5.74) is 2.49. The second kappa shape index (κ2) is 6.66. The number of thioether (sulfide) groups is 1. The van der Waals surface area contributed by atoms with Crippen LogP contribution in [0.4, 0.5) is 0 Å². The number of hydrogen-bond acceptors (Lipinski definition) is 3. The van der Waals surface area contributed by atoms with Gasteiger partial charge in [-0.1, -0.05) is 23.7 Å². The lowest BCUT2D eigenvalue weighted by Gasteiger charge is -2.07. The fraction of sp³-hybridized carbons (Fsp3) is 0.125. The number of aromatic carboxylic acids is 1. The van der Waals surface area contributed by atoms with Crippen molar-refractivity contribution in [3.63, 3.8) is 0 Å². The van der Waals surface area contributed by atoms with Crippen LogP contribution in [0.5, 0.6) is 0 Å². The van der Waals surface area contributed by atoms with Crippen LogP contribution in [0.2, 0.25) is 5.02 Å². The van der Waals surface area contributed by atoms with Crippen molar-refractivity contribution in [2.24, 2.45) is 0 Å². The van der Waals surface area contributed by atoms with Crippen LogP contribution in [0, 0.1) is 18.3 Å². The zero-order valence-corrected chi connectivity index (χ0v) is 12.8. The Bertz CT molecular complexity index is 738. The van der Waals surface area contributed by atoms with Crippen LogP contribution in [0.15, 0.2) is 41.3 Å². The van der Waals surface area contributed by atoms with E-state index in [1.807, 2.05) is 18.2 Å². The first kappa shape index (κ1) is 15.4. The number of nitriles is 1. The molecule has 21 heavy (non-hydrogen) atoms. The summed E-state index contributed by atoms with van der Waals surface area (Å²) < 4.78 is 0. The Morgan fingerprint density at radius 1 is 1.33 bits per heavy atom. The summed E-state index contributed by atoms with van der Waals surface area (Å²) in [6.07, 6.45) is 0.